The van der Waals surface area contributed by atoms with Crippen LogP contribution in [0.4, 0.5) is 0 Å². The third kappa shape index (κ3) is 3.31. The molecule has 0 spiro atoms. The quantitative estimate of drug-likeness (QED) is 0.586. The zero-order valence-electron chi connectivity index (χ0n) is 6.51. The van der Waals surface area contributed by atoms with Crippen LogP contribution in [0.5, 0.6) is 0 Å². The van der Waals surface area contributed by atoms with Crippen molar-refractivity contribution in [2.75, 3.05) is 0 Å². The van der Waals surface area contributed by atoms with Crippen LogP contribution in [0.2, 0.25) is 5.02 Å². The van der Waals surface area contributed by atoms with Gasteiger partial charge in [0.2, 0.25) is 0 Å². The van der Waals surface area contributed by atoms with Gasteiger partial charge in [-0.1, -0.05) is 23.7 Å². The minimum absolute atomic E-state index is 0.558. The lowest BCUT2D eigenvalue weighted by Crippen LogP contribution is -2.13. The van der Waals surface area contributed by atoms with Crippen LogP contribution in [0, 0.1) is 0 Å². The van der Waals surface area contributed by atoms with E-state index < -0.39 is 17.2 Å². The first-order valence-corrected chi connectivity index (χ1v) is 4.89. The minimum atomic E-state index is -2.93. The normalized spacial score (nSPS) is 13.2. The van der Waals surface area contributed by atoms with E-state index in [9.17, 15) is 8.42 Å². The van der Waals surface area contributed by atoms with Gasteiger partial charge in [-0.3, -0.25) is 0 Å². The third-order valence-corrected chi connectivity index (χ3v) is 2.05. The Balaban J connectivity index is 2.77. The van der Waals surface area contributed by atoms with Gasteiger partial charge < -0.3 is 5.73 Å². The molecule has 0 saturated carbocycles. The molecule has 0 fully saturated rings. The first-order chi connectivity index (χ1) is 6.09. The molecule has 0 aromatic heterocycles. The summed E-state index contributed by atoms with van der Waals surface area (Å²) in [6.07, 6.45) is -0.960. The number of nitrogens with two attached hydrogens (primary N) is 1. The highest BCUT2D eigenvalue weighted by Crippen LogP contribution is 2.15. The van der Waals surface area contributed by atoms with Gasteiger partial charge >= 0.3 is 0 Å². The van der Waals surface area contributed by atoms with Crippen molar-refractivity contribution in [2.45, 2.75) is 6.23 Å². The summed E-state index contributed by atoms with van der Waals surface area (Å²) >= 11 is 5.62. The second-order valence-corrected chi connectivity index (χ2v) is 3.40. The van der Waals surface area contributed by atoms with E-state index in [-0.39, 0.29) is 0 Å². The Morgan fingerprint density at radius 1 is 1.31 bits per heavy atom. The van der Waals surface area contributed by atoms with Crippen molar-refractivity contribution in [1.29, 1.82) is 0 Å². The molecule has 0 aliphatic heterocycles. The van der Waals surface area contributed by atoms with Gasteiger partial charge in [0.25, 0.3) is 11.0 Å². The number of rotatable bonds is 3. The predicted octanol–water partition coefficient (Wildman–Crippen LogP) is 0.840. The molecule has 13 heavy (non-hydrogen) atoms. The average molecular weight is 222 g/mol. The van der Waals surface area contributed by atoms with E-state index in [0.717, 1.165) is 0 Å². The summed E-state index contributed by atoms with van der Waals surface area (Å²) in [4.78, 5) is 0. The fourth-order valence-electron chi connectivity index (χ4n) is 0.806. The summed E-state index contributed by atoms with van der Waals surface area (Å²) in [6, 6.07) is 6.42. The molecule has 6 heteroatoms. The first kappa shape index (κ1) is 10.5. The van der Waals surface area contributed by atoms with E-state index in [4.69, 9.17) is 17.3 Å². The van der Waals surface area contributed by atoms with Crippen molar-refractivity contribution in [1.82, 2.24) is 0 Å². The van der Waals surface area contributed by atoms with E-state index >= 15 is 0 Å². The Hall–Kier alpha value is -0.620. The summed E-state index contributed by atoms with van der Waals surface area (Å²) < 4.78 is 24.7. The lowest BCUT2D eigenvalue weighted by Gasteiger charge is -2.07. The number of hydrogen-bond donors (Lipinski definition) is 2. The summed E-state index contributed by atoms with van der Waals surface area (Å²) in [6.45, 7) is 0. The number of thiol groups is 1. The highest BCUT2D eigenvalue weighted by molar-refractivity contribution is 7.67. The largest absolute Gasteiger partial charge is 0.301 e. The SMILES string of the molecule is NC(O[SH](=O)=O)c1ccc(Cl)cc1. The second-order valence-electron chi connectivity index (χ2n) is 2.30. The van der Waals surface area contributed by atoms with Crippen LogP contribution >= 0.6 is 11.6 Å². The van der Waals surface area contributed by atoms with Gasteiger partial charge in [-0.05, 0) is 17.7 Å². The van der Waals surface area contributed by atoms with Gasteiger partial charge in [-0.2, -0.15) is 0 Å². The van der Waals surface area contributed by atoms with Gasteiger partial charge in [0.15, 0.2) is 6.23 Å². The summed E-state index contributed by atoms with van der Waals surface area (Å²) in [5.74, 6) is 0. The van der Waals surface area contributed by atoms with E-state index in [2.05, 4.69) is 4.18 Å². The molecule has 4 nitrogen and oxygen atoms in total. The molecule has 0 aliphatic rings. The van der Waals surface area contributed by atoms with Gasteiger partial charge in [-0.15, -0.1) is 0 Å². The fraction of sp³-hybridized carbons (Fsp3) is 0.143. The van der Waals surface area contributed by atoms with E-state index in [1.807, 2.05) is 0 Å². The van der Waals surface area contributed by atoms with Crippen molar-refractivity contribution < 1.29 is 12.6 Å². The van der Waals surface area contributed by atoms with Crippen LogP contribution in [0.15, 0.2) is 24.3 Å². The molecule has 0 amide bonds. The number of hydrogen-bond acceptors (Lipinski definition) is 4. The third-order valence-electron chi connectivity index (χ3n) is 1.40. The van der Waals surface area contributed by atoms with Gasteiger partial charge in [0, 0.05) is 5.02 Å². The molecule has 0 aliphatic carbocycles. The Morgan fingerprint density at radius 2 is 1.85 bits per heavy atom. The average Bonchev–Trinajstić information content (AvgIpc) is 2.04. The van der Waals surface area contributed by atoms with Gasteiger partial charge in [0.1, 0.15) is 0 Å². The van der Waals surface area contributed by atoms with Gasteiger partial charge in [-0.25, -0.2) is 12.6 Å². The monoisotopic (exact) mass is 221 g/mol. The maximum absolute atomic E-state index is 10.2. The first-order valence-electron chi connectivity index (χ1n) is 3.42. The zero-order valence-corrected chi connectivity index (χ0v) is 8.16. The van der Waals surface area contributed by atoms with Gasteiger partial charge in [0.05, 0.1) is 0 Å². The molecule has 1 unspecified atom stereocenters. The molecule has 1 rings (SSSR count). The summed E-state index contributed by atoms with van der Waals surface area (Å²) in [5, 5.41) is 0.558. The fourth-order valence-corrected chi connectivity index (χ4v) is 1.24. The number of benzene rings is 1. The topological polar surface area (TPSA) is 69.4 Å². The Kier molecular flexibility index (Phi) is 3.68. The highest BCUT2D eigenvalue weighted by Gasteiger charge is 2.06. The van der Waals surface area contributed by atoms with Crippen molar-refractivity contribution in [3.8, 4) is 0 Å². The van der Waals surface area contributed by atoms with Crippen LogP contribution < -0.4 is 5.73 Å². The molecule has 1 atom stereocenters. The molecule has 0 saturated heterocycles. The Labute approximate surface area is 82.4 Å². The predicted molar refractivity (Wildman–Crippen MR) is 49.8 cm³/mol. The molecule has 72 valence electrons. The molecule has 0 heterocycles. The van der Waals surface area contributed by atoms with Crippen LogP contribution in [0.3, 0.4) is 0 Å². The van der Waals surface area contributed by atoms with Crippen LogP contribution in [-0.2, 0) is 15.2 Å². The lowest BCUT2D eigenvalue weighted by atomic mass is 10.2. The summed E-state index contributed by atoms with van der Waals surface area (Å²) in [5.41, 5.74) is 5.96. The van der Waals surface area contributed by atoms with Crippen molar-refractivity contribution >= 4 is 22.6 Å². The second kappa shape index (κ2) is 4.57. The molecule has 2 N–H and O–H groups in total. The summed E-state index contributed by atoms with van der Waals surface area (Å²) in [7, 11) is -2.93. The molecule has 0 radical (unpaired) electrons. The highest BCUT2D eigenvalue weighted by atomic mass is 35.5. The Morgan fingerprint density at radius 3 is 2.31 bits per heavy atom. The molecular weight excluding hydrogens is 214 g/mol. The number of halogens is 1. The smallest absolute Gasteiger partial charge is 0.259 e. The molecule has 1 aromatic carbocycles. The zero-order chi connectivity index (χ0) is 9.84. The van der Waals surface area contributed by atoms with Crippen molar-refractivity contribution in [3.63, 3.8) is 0 Å². The van der Waals surface area contributed by atoms with E-state index in [1.54, 1.807) is 24.3 Å². The minimum Gasteiger partial charge on any atom is -0.301 e. The van der Waals surface area contributed by atoms with E-state index in [1.165, 1.54) is 0 Å². The van der Waals surface area contributed by atoms with Crippen molar-refractivity contribution in [2.24, 2.45) is 5.73 Å². The molecule has 0 bridgehead atoms. The van der Waals surface area contributed by atoms with Crippen LogP contribution in [0.1, 0.15) is 11.8 Å². The Bertz CT molecular complexity index is 341. The van der Waals surface area contributed by atoms with Crippen LogP contribution in [0.25, 0.3) is 0 Å². The lowest BCUT2D eigenvalue weighted by molar-refractivity contribution is 0.232. The maximum atomic E-state index is 10.2. The molecular formula is C7H8ClNO3S. The van der Waals surface area contributed by atoms with E-state index in [0.29, 0.717) is 10.6 Å². The molecule has 1 aromatic rings. The van der Waals surface area contributed by atoms with Crippen molar-refractivity contribution in [3.05, 3.63) is 34.9 Å². The van der Waals surface area contributed by atoms with Crippen LogP contribution in [-0.4, -0.2) is 8.42 Å². The standard InChI is InChI=1S/C7H8ClNO3S/c8-6-3-1-5(2-4-6)7(9)12-13(10)11/h1-4,7,13H,9H2. The maximum Gasteiger partial charge on any atom is 0.259 e.